The number of nitrogens with zero attached hydrogens (tertiary/aromatic N) is 2. The van der Waals surface area contributed by atoms with Gasteiger partial charge in [-0.2, -0.15) is 0 Å². The molecule has 2 heterocycles. The van der Waals surface area contributed by atoms with Gasteiger partial charge in [-0.1, -0.05) is 42.6 Å². The SMILES string of the molecule is O=C(Cn1c(=O)n(CC(=O)NC2CCCC2)c(=O)c2oc3ccccc3c21)Nc1cccc(Cl)c1. The molecule has 0 atom stereocenters. The molecule has 1 aliphatic carbocycles. The Morgan fingerprint density at radius 1 is 0.971 bits per heavy atom. The molecule has 2 aromatic heterocycles. The van der Waals surface area contributed by atoms with Crippen LogP contribution in [0.1, 0.15) is 25.7 Å². The zero-order chi connectivity index (χ0) is 24.5. The second-order valence-electron chi connectivity index (χ2n) is 8.64. The lowest BCUT2D eigenvalue weighted by Gasteiger charge is -2.14. The molecule has 35 heavy (non-hydrogen) atoms. The van der Waals surface area contributed by atoms with Crippen molar-refractivity contribution >= 4 is 51.2 Å². The molecular formula is C25H23ClN4O5. The van der Waals surface area contributed by atoms with E-state index in [9.17, 15) is 19.2 Å². The van der Waals surface area contributed by atoms with Crippen LogP contribution in [0, 0.1) is 0 Å². The summed E-state index contributed by atoms with van der Waals surface area (Å²) in [4.78, 5) is 52.2. The van der Waals surface area contributed by atoms with Gasteiger partial charge in [-0.15, -0.1) is 0 Å². The minimum Gasteiger partial charge on any atom is -0.449 e. The molecule has 1 fully saturated rings. The third kappa shape index (κ3) is 4.59. The summed E-state index contributed by atoms with van der Waals surface area (Å²) < 4.78 is 7.77. The van der Waals surface area contributed by atoms with E-state index in [1.807, 2.05) is 0 Å². The second kappa shape index (κ2) is 9.42. The number of benzene rings is 2. The molecule has 4 aromatic rings. The number of aromatic nitrogens is 2. The Bertz CT molecular complexity index is 1560. The van der Waals surface area contributed by atoms with Gasteiger partial charge in [-0.3, -0.25) is 19.0 Å². The predicted molar refractivity (Wildman–Crippen MR) is 133 cm³/mol. The highest BCUT2D eigenvalue weighted by Gasteiger charge is 2.24. The highest BCUT2D eigenvalue weighted by molar-refractivity contribution is 6.30. The number of amides is 2. The first-order valence-electron chi connectivity index (χ1n) is 11.4. The second-order valence-corrected chi connectivity index (χ2v) is 9.08. The number of anilines is 1. The zero-order valence-corrected chi connectivity index (χ0v) is 19.5. The van der Waals surface area contributed by atoms with E-state index in [-0.39, 0.29) is 17.1 Å². The van der Waals surface area contributed by atoms with Crippen molar-refractivity contribution in [1.82, 2.24) is 14.5 Å². The average Bonchev–Trinajstić information content (AvgIpc) is 3.47. The van der Waals surface area contributed by atoms with Gasteiger partial charge in [0.15, 0.2) is 0 Å². The van der Waals surface area contributed by atoms with Gasteiger partial charge in [0.1, 0.15) is 24.2 Å². The fourth-order valence-corrected chi connectivity index (χ4v) is 4.77. The molecule has 2 N–H and O–H groups in total. The van der Waals surface area contributed by atoms with E-state index in [0.29, 0.717) is 21.7 Å². The minimum atomic E-state index is -0.767. The first kappa shape index (κ1) is 22.9. The quantitative estimate of drug-likeness (QED) is 0.427. The molecule has 2 aromatic carbocycles. The third-order valence-electron chi connectivity index (χ3n) is 6.17. The highest BCUT2D eigenvalue weighted by atomic mass is 35.5. The summed E-state index contributed by atoms with van der Waals surface area (Å²) in [5.41, 5.74) is -0.491. The summed E-state index contributed by atoms with van der Waals surface area (Å²) >= 11 is 6.00. The molecule has 10 heteroatoms. The summed E-state index contributed by atoms with van der Waals surface area (Å²) in [6, 6.07) is 13.5. The van der Waals surface area contributed by atoms with Crippen LogP contribution in [0.2, 0.25) is 5.02 Å². The molecule has 5 rings (SSSR count). The number of carbonyl (C=O) groups excluding carboxylic acids is 2. The number of hydrogen-bond acceptors (Lipinski definition) is 5. The molecular weight excluding hydrogens is 472 g/mol. The summed E-state index contributed by atoms with van der Waals surface area (Å²) in [5.74, 6) is -0.928. The summed E-state index contributed by atoms with van der Waals surface area (Å²) in [6.07, 6.45) is 3.81. The van der Waals surface area contributed by atoms with Crippen LogP contribution < -0.4 is 21.9 Å². The van der Waals surface area contributed by atoms with Gasteiger partial charge < -0.3 is 15.1 Å². The zero-order valence-electron chi connectivity index (χ0n) is 18.8. The van der Waals surface area contributed by atoms with Crippen molar-refractivity contribution in [1.29, 1.82) is 0 Å². The Labute approximate surface area is 204 Å². The van der Waals surface area contributed by atoms with Crippen LogP contribution >= 0.6 is 11.6 Å². The topological polar surface area (TPSA) is 115 Å². The van der Waals surface area contributed by atoms with Crippen molar-refractivity contribution in [2.45, 2.75) is 44.8 Å². The first-order chi connectivity index (χ1) is 16.9. The molecule has 0 unspecified atom stereocenters. The maximum absolute atomic E-state index is 13.5. The molecule has 0 spiro atoms. The van der Waals surface area contributed by atoms with E-state index in [0.717, 1.165) is 30.3 Å². The van der Waals surface area contributed by atoms with Gasteiger partial charge in [-0.05, 0) is 43.2 Å². The molecule has 0 radical (unpaired) electrons. The fraction of sp³-hybridized carbons (Fsp3) is 0.280. The van der Waals surface area contributed by atoms with Crippen molar-refractivity contribution in [3.63, 3.8) is 0 Å². The molecule has 1 saturated carbocycles. The van der Waals surface area contributed by atoms with Crippen LogP contribution in [0.5, 0.6) is 0 Å². The van der Waals surface area contributed by atoms with Crippen LogP contribution in [0.4, 0.5) is 5.69 Å². The van der Waals surface area contributed by atoms with E-state index in [2.05, 4.69) is 10.6 Å². The van der Waals surface area contributed by atoms with Crippen molar-refractivity contribution in [3.05, 3.63) is 74.4 Å². The monoisotopic (exact) mass is 494 g/mol. The number of nitrogens with one attached hydrogen (secondary N) is 2. The van der Waals surface area contributed by atoms with Gasteiger partial charge in [0.25, 0.3) is 5.56 Å². The van der Waals surface area contributed by atoms with Crippen LogP contribution in [0.15, 0.2) is 62.5 Å². The number of halogens is 1. The number of carbonyl (C=O) groups is 2. The van der Waals surface area contributed by atoms with Crippen LogP contribution in [-0.2, 0) is 22.7 Å². The first-order valence-corrected chi connectivity index (χ1v) is 11.8. The molecule has 0 saturated heterocycles. The Balaban J connectivity index is 1.56. The molecule has 0 bridgehead atoms. The van der Waals surface area contributed by atoms with Crippen LogP contribution in [0.3, 0.4) is 0 Å². The highest BCUT2D eigenvalue weighted by Crippen LogP contribution is 2.25. The van der Waals surface area contributed by atoms with Gasteiger partial charge in [0.05, 0.1) is 0 Å². The largest absolute Gasteiger partial charge is 0.449 e. The van der Waals surface area contributed by atoms with Crippen molar-refractivity contribution in [3.8, 4) is 0 Å². The lowest BCUT2D eigenvalue weighted by molar-refractivity contribution is -0.122. The van der Waals surface area contributed by atoms with E-state index < -0.39 is 36.2 Å². The molecule has 0 aliphatic heterocycles. The maximum atomic E-state index is 13.5. The predicted octanol–water partition coefficient (Wildman–Crippen LogP) is 3.26. The Morgan fingerprint density at radius 2 is 1.71 bits per heavy atom. The number of para-hydroxylation sites is 1. The number of furan rings is 1. The minimum absolute atomic E-state index is 0.0406. The Kier molecular flexibility index (Phi) is 6.17. The van der Waals surface area contributed by atoms with Crippen LogP contribution in [0.25, 0.3) is 22.1 Å². The van der Waals surface area contributed by atoms with Crippen molar-refractivity contribution in [2.24, 2.45) is 0 Å². The summed E-state index contributed by atoms with van der Waals surface area (Å²) in [5, 5.41) is 6.56. The van der Waals surface area contributed by atoms with E-state index in [4.69, 9.17) is 16.0 Å². The maximum Gasteiger partial charge on any atom is 0.332 e. The number of rotatable bonds is 6. The third-order valence-corrected chi connectivity index (χ3v) is 6.41. The Hall–Kier alpha value is -3.85. The van der Waals surface area contributed by atoms with Gasteiger partial charge in [-0.25, -0.2) is 9.36 Å². The molecule has 9 nitrogen and oxygen atoms in total. The van der Waals surface area contributed by atoms with E-state index in [1.165, 1.54) is 4.57 Å². The van der Waals surface area contributed by atoms with Crippen molar-refractivity contribution in [2.75, 3.05) is 5.32 Å². The molecule has 180 valence electrons. The normalized spacial score (nSPS) is 14.0. The fourth-order valence-electron chi connectivity index (χ4n) is 4.58. The lowest BCUT2D eigenvalue weighted by Crippen LogP contribution is -2.46. The van der Waals surface area contributed by atoms with E-state index in [1.54, 1.807) is 48.5 Å². The molecule has 1 aliphatic rings. The van der Waals surface area contributed by atoms with Gasteiger partial charge >= 0.3 is 5.69 Å². The van der Waals surface area contributed by atoms with Crippen LogP contribution in [-0.4, -0.2) is 27.0 Å². The average molecular weight is 495 g/mol. The molecule has 2 amide bonds. The van der Waals surface area contributed by atoms with Crippen molar-refractivity contribution < 1.29 is 14.0 Å². The number of hydrogen-bond donors (Lipinski definition) is 2. The van der Waals surface area contributed by atoms with Gasteiger partial charge in [0.2, 0.25) is 17.4 Å². The summed E-state index contributed by atoms with van der Waals surface area (Å²) in [6.45, 7) is -0.854. The van der Waals surface area contributed by atoms with Gasteiger partial charge in [0, 0.05) is 22.1 Å². The summed E-state index contributed by atoms with van der Waals surface area (Å²) in [7, 11) is 0. The standard InChI is InChI=1S/C25H23ClN4O5/c26-15-6-5-9-17(12-15)28-20(31)13-29-22-18-10-3-4-11-19(18)35-23(22)24(33)30(25(29)34)14-21(32)27-16-7-1-2-8-16/h3-6,9-12,16H,1-2,7-8,13-14H2,(H,27,32)(H,28,31). The lowest BCUT2D eigenvalue weighted by atomic mass is 10.2. The Morgan fingerprint density at radius 3 is 2.49 bits per heavy atom. The van der Waals surface area contributed by atoms with E-state index >= 15 is 0 Å². The smallest absolute Gasteiger partial charge is 0.332 e. The number of fused-ring (bicyclic) bond motifs is 3.